The van der Waals surface area contributed by atoms with E-state index in [2.05, 4.69) is 4.98 Å². The average Bonchev–Trinajstić information content (AvgIpc) is 2.45. The Bertz CT molecular complexity index is 1260. The normalized spacial score (nSPS) is 11.2. The number of benzene rings is 1. The van der Waals surface area contributed by atoms with Crippen molar-refractivity contribution in [3.8, 4) is 0 Å². The van der Waals surface area contributed by atoms with Crippen molar-refractivity contribution in [3.63, 3.8) is 0 Å². The van der Waals surface area contributed by atoms with E-state index in [0.29, 0.717) is 0 Å². The fourth-order valence-corrected chi connectivity index (χ4v) is 1.83. The third-order valence-corrected chi connectivity index (χ3v) is 2.82. The highest BCUT2D eigenvalue weighted by atomic mass is 16.3. The highest BCUT2D eigenvalue weighted by molar-refractivity contribution is 5.70. The molecule has 3 rings (SSSR count). The molecule has 0 unspecified atom stereocenters. The third-order valence-electron chi connectivity index (χ3n) is 2.82. The Labute approximate surface area is 105 Å². The Kier molecular flexibility index (Phi) is 2.18. The summed E-state index contributed by atoms with van der Waals surface area (Å²) < 4.78 is 4.91. The highest BCUT2D eigenvalue weighted by Gasteiger charge is 2.16. The van der Waals surface area contributed by atoms with Crippen LogP contribution in [0.1, 0.15) is 0 Å². The highest BCUT2D eigenvalue weighted by Crippen LogP contribution is 2.00. The summed E-state index contributed by atoms with van der Waals surface area (Å²) in [6.45, 7) is 0. The summed E-state index contributed by atoms with van der Waals surface area (Å²) in [6.07, 6.45) is 0. The number of fused-ring (bicyclic) bond motifs is 1. The van der Waals surface area contributed by atoms with Crippen molar-refractivity contribution in [2.75, 3.05) is 0 Å². The standard InChI is InChI=1S/C12H3NO7/c14-4-2-1-3-11(6(4)15)20-12-5(13-3)7(16)8(17)9(18)10(12)19/h1-2,13H. The first-order chi connectivity index (χ1) is 9.41. The molecule has 98 valence electrons. The molecule has 1 aliphatic carbocycles. The Hall–Kier alpha value is -3.16. The molecule has 8 heteroatoms. The SMILES string of the molecule is O=c1ccc2[nH]c3c(=O)c(=O)c(=O)c(=O)c3oc=2c1=O. The maximum absolute atomic E-state index is 11.6. The van der Waals surface area contributed by atoms with Crippen LogP contribution in [0.2, 0.25) is 0 Å². The van der Waals surface area contributed by atoms with Crippen LogP contribution < -0.4 is 32.6 Å². The summed E-state index contributed by atoms with van der Waals surface area (Å²) in [5.41, 5.74) is -9.20. The molecule has 1 aliphatic heterocycles. The van der Waals surface area contributed by atoms with Crippen LogP contribution in [0, 0.1) is 10.8 Å². The van der Waals surface area contributed by atoms with Crippen molar-refractivity contribution in [3.05, 3.63) is 84.2 Å². The molecular weight excluding hydrogens is 270 g/mol. The average molecular weight is 273 g/mol. The fourth-order valence-electron chi connectivity index (χ4n) is 1.83. The van der Waals surface area contributed by atoms with E-state index in [1.54, 1.807) is 0 Å². The molecule has 8 nitrogen and oxygen atoms in total. The number of H-pyrrole nitrogens is 1. The van der Waals surface area contributed by atoms with E-state index < -0.39 is 49.1 Å². The van der Waals surface area contributed by atoms with Crippen molar-refractivity contribution in [2.45, 2.75) is 0 Å². The molecule has 0 fully saturated rings. The lowest BCUT2D eigenvalue weighted by Gasteiger charge is -1.96. The maximum Gasteiger partial charge on any atom is 0.280 e. The minimum atomic E-state index is -1.54. The monoisotopic (exact) mass is 273 g/mol. The van der Waals surface area contributed by atoms with Gasteiger partial charge in [0.1, 0.15) is 5.52 Å². The van der Waals surface area contributed by atoms with Gasteiger partial charge in [0, 0.05) is 0 Å². The number of hydrogen-bond donors (Lipinski definition) is 1. The van der Waals surface area contributed by atoms with Gasteiger partial charge in [0.2, 0.25) is 16.4 Å². The van der Waals surface area contributed by atoms with Gasteiger partial charge in [-0.2, -0.15) is 0 Å². The zero-order valence-electron chi connectivity index (χ0n) is 9.51. The summed E-state index contributed by atoms with van der Waals surface area (Å²) in [7, 11) is 0. The zero-order valence-corrected chi connectivity index (χ0v) is 9.51. The van der Waals surface area contributed by atoms with Crippen LogP contribution in [0.3, 0.4) is 0 Å². The predicted molar refractivity (Wildman–Crippen MR) is 65.9 cm³/mol. The molecule has 0 spiro atoms. The minimum absolute atomic E-state index is 0.0309. The van der Waals surface area contributed by atoms with Crippen LogP contribution >= 0.6 is 0 Å². The van der Waals surface area contributed by atoms with Gasteiger partial charge in [-0.25, -0.2) is 0 Å². The van der Waals surface area contributed by atoms with Crippen LogP contribution in [-0.4, -0.2) is 4.98 Å². The van der Waals surface area contributed by atoms with Gasteiger partial charge in [0.05, 0.1) is 5.35 Å². The Morgan fingerprint density at radius 1 is 0.750 bits per heavy atom. The first kappa shape index (κ1) is 11.9. The first-order valence-electron chi connectivity index (χ1n) is 5.29. The zero-order chi connectivity index (χ0) is 14.6. The van der Waals surface area contributed by atoms with Gasteiger partial charge in [0.15, 0.2) is 0 Å². The van der Waals surface area contributed by atoms with Gasteiger partial charge in [-0.1, -0.05) is 0 Å². The molecule has 0 atom stereocenters. The van der Waals surface area contributed by atoms with Crippen molar-refractivity contribution in [2.24, 2.45) is 0 Å². The van der Waals surface area contributed by atoms with E-state index in [4.69, 9.17) is 4.42 Å². The van der Waals surface area contributed by atoms with E-state index in [1.165, 1.54) is 6.07 Å². The lowest BCUT2D eigenvalue weighted by atomic mass is 10.2. The molecule has 20 heavy (non-hydrogen) atoms. The molecular formula is C12H3NO7. The van der Waals surface area contributed by atoms with Crippen molar-refractivity contribution < 1.29 is 4.42 Å². The van der Waals surface area contributed by atoms with E-state index in [9.17, 15) is 28.8 Å². The van der Waals surface area contributed by atoms with Gasteiger partial charge in [-0.15, -0.1) is 0 Å². The van der Waals surface area contributed by atoms with E-state index in [0.717, 1.165) is 6.07 Å². The van der Waals surface area contributed by atoms with Gasteiger partial charge in [-0.05, 0) is 12.1 Å². The van der Waals surface area contributed by atoms with Gasteiger partial charge in [-0.3, -0.25) is 28.8 Å². The van der Waals surface area contributed by atoms with Crippen LogP contribution in [0.15, 0.2) is 45.3 Å². The second kappa shape index (κ2) is 3.67. The third kappa shape index (κ3) is 1.35. The molecule has 0 saturated heterocycles. The van der Waals surface area contributed by atoms with E-state index >= 15 is 0 Å². The number of rotatable bonds is 0. The van der Waals surface area contributed by atoms with Crippen LogP contribution in [0.4, 0.5) is 0 Å². The fraction of sp³-hybridized carbons (Fsp3) is 0. The summed E-state index contributed by atoms with van der Waals surface area (Å²) in [5, 5.41) is -0.0309. The van der Waals surface area contributed by atoms with E-state index in [-0.39, 0.29) is 5.35 Å². The summed E-state index contributed by atoms with van der Waals surface area (Å²) >= 11 is 0. The molecule has 2 aliphatic rings. The second-order valence-corrected chi connectivity index (χ2v) is 4.02. The number of aromatic amines is 1. The second-order valence-electron chi connectivity index (χ2n) is 4.02. The Balaban J connectivity index is 2.88. The van der Waals surface area contributed by atoms with Crippen molar-refractivity contribution >= 4 is 11.1 Å². The largest absolute Gasteiger partial charge is 0.444 e. The van der Waals surface area contributed by atoms with Gasteiger partial charge >= 0.3 is 0 Å². The molecule has 1 aromatic rings. The maximum atomic E-state index is 11.6. The molecule has 0 bridgehead atoms. The van der Waals surface area contributed by atoms with E-state index in [1.807, 2.05) is 0 Å². The quantitative estimate of drug-likeness (QED) is 0.448. The van der Waals surface area contributed by atoms with Gasteiger partial charge in [0.25, 0.3) is 27.1 Å². The number of nitrogens with one attached hydrogen (secondary N) is 1. The summed E-state index contributed by atoms with van der Waals surface area (Å²) in [4.78, 5) is 70.9. The van der Waals surface area contributed by atoms with Gasteiger partial charge < -0.3 is 9.40 Å². The molecule has 0 saturated carbocycles. The molecule has 0 aromatic heterocycles. The Morgan fingerprint density at radius 2 is 1.40 bits per heavy atom. The number of aromatic nitrogens is 1. The van der Waals surface area contributed by atoms with Crippen molar-refractivity contribution in [1.82, 2.24) is 4.98 Å². The summed E-state index contributed by atoms with van der Waals surface area (Å²) in [6, 6.07) is 2.12. The molecule has 1 heterocycles. The van der Waals surface area contributed by atoms with Crippen LogP contribution in [0.5, 0.6) is 0 Å². The minimum Gasteiger partial charge on any atom is -0.444 e. The topological polar surface area (TPSA) is 131 Å². The predicted octanol–water partition coefficient (Wildman–Crippen LogP) is -2.48. The summed E-state index contributed by atoms with van der Waals surface area (Å²) in [5.74, 6) is 0. The van der Waals surface area contributed by atoms with Crippen LogP contribution in [0.25, 0.3) is 11.1 Å². The smallest absolute Gasteiger partial charge is 0.280 e. The first-order valence-corrected chi connectivity index (χ1v) is 5.29. The van der Waals surface area contributed by atoms with Crippen molar-refractivity contribution in [1.29, 1.82) is 0 Å². The van der Waals surface area contributed by atoms with Crippen LogP contribution in [-0.2, 0) is 0 Å². The number of hydrogen-bond acceptors (Lipinski definition) is 7. The lowest BCUT2D eigenvalue weighted by Crippen LogP contribution is -2.47. The lowest BCUT2D eigenvalue weighted by molar-refractivity contribution is 0.551. The Morgan fingerprint density at radius 3 is 2.10 bits per heavy atom. The molecule has 0 radical (unpaired) electrons. The molecule has 0 amide bonds. The molecule has 1 N–H and O–H groups in total. The molecule has 1 aromatic carbocycles.